The lowest BCUT2D eigenvalue weighted by molar-refractivity contribution is -0.274. The van der Waals surface area contributed by atoms with Crippen LogP contribution in [0.5, 0.6) is 5.75 Å². The maximum atomic E-state index is 13.9. The fraction of sp³-hybridized carbons (Fsp3) is 0.440. The lowest BCUT2D eigenvalue weighted by Gasteiger charge is -2.35. The molecule has 0 aromatic heterocycles. The molecule has 0 bridgehead atoms. The zero-order valence-corrected chi connectivity index (χ0v) is 19.8. The molecule has 2 N–H and O–H groups in total. The summed E-state index contributed by atoms with van der Waals surface area (Å²) in [6.07, 6.45) is 8.62. The largest absolute Gasteiger partial charge is 0.593 e. The third-order valence-corrected chi connectivity index (χ3v) is 7.52. The van der Waals surface area contributed by atoms with Crippen LogP contribution in [0.4, 0.5) is 17.6 Å². The molecule has 1 aliphatic heterocycles. The van der Waals surface area contributed by atoms with Gasteiger partial charge in [-0.15, -0.1) is 17.9 Å². The molecule has 1 fully saturated rings. The molecular weight excluding hydrogens is 484 g/mol. The van der Waals surface area contributed by atoms with Gasteiger partial charge in [0, 0.05) is 18.2 Å². The van der Waals surface area contributed by atoms with Crippen LogP contribution >= 0.6 is 0 Å². The minimum atomic E-state index is -4.77. The van der Waals surface area contributed by atoms with Crippen molar-refractivity contribution in [3.8, 4) is 5.75 Å². The number of aliphatic hydroxyl groups is 1. The summed E-state index contributed by atoms with van der Waals surface area (Å²) in [5.74, 6) is -0.645. The summed E-state index contributed by atoms with van der Waals surface area (Å²) < 4.78 is 69.8. The van der Waals surface area contributed by atoms with Crippen molar-refractivity contribution in [1.29, 1.82) is 0 Å². The quantitative estimate of drug-likeness (QED) is 0.261. The number of aliphatic hydroxyl groups excluding tert-OH is 1. The summed E-state index contributed by atoms with van der Waals surface area (Å²) in [4.78, 5) is 2.56. The van der Waals surface area contributed by atoms with Crippen molar-refractivity contribution < 1.29 is 32.0 Å². The van der Waals surface area contributed by atoms with Crippen molar-refractivity contribution in [3.63, 3.8) is 0 Å². The predicted molar refractivity (Wildman–Crippen MR) is 125 cm³/mol. The Bertz CT molecular complexity index is 1010. The van der Waals surface area contributed by atoms with Crippen molar-refractivity contribution in [3.05, 3.63) is 71.7 Å². The van der Waals surface area contributed by atoms with Crippen LogP contribution in [-0.4, -0.2) is 46.2 Å². The number of benzene rings is 1. The molecule has 4 rings (SSSR count). The molecule has 0 spiro atoms. The number of ether oxygens (including phenoxy) is 1. The van der Waals surface area contributed by atoms with E-state index in [9.17, 15) is 27.2 Å². The van der Waals surface area contributed by atoms with Crippen molar-refractivity contribution in [2.45, 2.75) is 55.4 Å². The smallest absolute Gasteiger partial charge is 0.573 e. The van der Waals surface area contributed by atoms with Crippen molar-refractivity contribution in [2.24, 2.45) is 5.92 Å². The van der Waals surface area contributed by atoms with Gasteiger partial charge in [0.2, 0.25) is 0 Å². The standard InChI is InChI=1S/C25H28F4N2O3S/c26-17-8-13-24-22(15-17)21-6-1-2-7-23(21)31(24)18(16-32)5-3-4-14-30-35(33)20-11-9-19(10-12-20)34-25(27,28)29/h6-13,15,18,22,24,30,32H,1-5,14,16H2/t18-,22?,24?,35?/m1/s1. The molecule has 1 aromatic rings. The Morgan fingerprint density at radius 1 is 1.17 bits per heavy atom. The number of likely N-dealkylation sites (tertiary alicyclic amines) is 1. The van der Waals surface area contributed by atoms with E-state index in [-0.39, 0.29) is 36.2 Å². The van der Waals surface area contributed by atoms with Crippen LogP contribution in [0.1, 0.15) is 32.1 Å². The van der Waals surface area contributed by atoms with Crippen LogP contribution in [0.15, 0.2) is 76.6 Å². The number of fused-ring (bicyclic) bond motifs is 3. The van der Waals surface area contributed by atoms with Crippen LogP contribution < -0.4 is 9.46 Å². The fourth-order valence-electron chi connectivity index (χ4n) is 4.86. The molecule has 0 radical (unpaired) electrons. The highest BCUT2D eigenvalue weighted by Crippen LogP contribution is 2.45. The van der Waals surface area contributed by atoms with Gasteiger partial charge >= 0.3 is 6.36 Å². The molecule has 1 aromatic carbocycles. The molecule has 0 amide bonds. The summed E-state index contributed by atoms with van der Waals surface area (Å²) in [6.45, 7) is 0.416. The number of hydrogen-bond acceptors (Lipinski definition) is 5. The SMILES string of the molecule is [O-][S+](NCCCC[C@H](CO)N1C2=CCCC=C2C2C=C(F)C=CC21)c1ccc(OC(F)(F)F)cc1. The maximum absolute atomic E-state index is 13.9. The van der Waals surface area contributed by atoms with Gasteiger partial charge in [0.1, 0.15) is 11.6 Å². The summed E-state index contributed by atoms with van der Waals surface area (Å²) in [5, 5.41) is 10.2. The van der Waals surface area contributed by atoms with E-state index in [1.54, 1.807) is 6.08 Å². The number of alkyl halides is 3. The Labute approximate surface area is 205 Å². The van der Waals surface area contributed by atoms with Crippen molar-refractivity contribution in [2.75, 3.05) is 13.2 Å². The van der Waals surface area contributed by atoms with Gasteiger partial charge in [0.15, 0.2) is 4.90 Å². The number of allylic oxidation sites excluding steroid dienone is 5. The molecule has 1 saturated heterocycles. The van der Waals surface area contributed by atoms with E-state index < -0.39 is 17.7 Å². The highest BCUT2D eigenvalue weighted by molar-refractivity contribution is 7.89. The fourth-order valence-corrected chi connectivity index (χ4v) is 5.73. The van der Waals surface area contributed by atoms with Gasteiger partial charge in [0.05, 0.1) is 30.1 Å². The van der Waals surface area contributed by atoms with Crippen LogP contribution in [0, 0.1) is 5.92 Å². The van der Waals surface area contributed by atoms with Crippen LogP contribution in [-0.2, 0) is 11.4 Å². The summed E-state index contributed by atoms with van der Waals surface area (Å²) in [7, 11) is 0. The molecule has 3 aliphatic rings. The highest BCUT2D eigenvalue weighted by Gasteiger charge is 2.43. The summed E-state index contributed by atoms with van der Waals surface area (Å²) in [5.41, 5.74) is 2.21. The minimum absolute atomic E-state index is 0.0165. The number of unbranched alkanes of at least 4 members (excludes halogenated alkanes) is 1. The Morgan fingerprint density at radius 2 is 1.91 bits per heavy atom. The zero-order chi connectivity index (χ0) is 25.0. The molecule has 3 unspecified atom stereocenters. The second-order valence-corrected chi connectivity index (χ2v) is 9.97. The Kier molecular flexibility index (Phi) is 8.26. The number of hydrogen-bond donors (Lipinski definition) is 2. The first-order chi connectivity index (χ1) is 16.8. The van der Waals surface area contributed by atoms with Gasteiger partial charge in [-0.05, 0) is 74.1 Å². The molecule has 1 heterocycles. The van der Waals surface area contributed by atoms with Gasteiger partial charge in [-0.25, -0.2) is 4.39 Å². The lowest BCUT2D eigenvalue weighted by Crippen LogP contribution is -2.41. The molecule has 35 heavy (non-hydrogen) atoms. The van der Waals surface area contributed by atoms with E-state index in [1.807, 2.05) is 6.08 Å². The highest BCUT2D eigenvalue weighted by atomic mass is 32.2. The molecule has 190 valence electrons. The third kappa shape index (κ3) is 6.30. The minimum Gasteiger partial charge on any atom is -0.593 e. The topological polar surface area (TPSA) is 67.8 Å². The summed E-state index contributed by atoms with van der Waals surface area (Å²) in [6, 6.07) is 4.77. The number of halogens is 4. The predicted octanol–water partition coefficient (Wildman–Crippen LogP) is 5.06. The van der Waals surface area contributed by atoms with E-state index >= 15 is 0 Å². The Hall–Kier alpha value is -2.27. The summed E-state index contributed by atoms with van der Waals surface area (Å²) >= 11 is -1.56. The normalized spacial score (nSPS) is 23.1. The van der Waals surface area contributed by atoms with Crippen LogP contribution in [0.2, 0.25) is 0 Å². The second-order valence-electron chi connectivity index (χ2n) is 8.67. The molecule has 10 heteroatoms. The van der Waals surface area contributed by atoms with Gasteiger partial charge in [-0.3, -0.25) is 0 Å². The first-order valence-electron chi connectivity index (χ1n) is 11.6. The first-order valence-corrected chi connectivity index (χ1v) is 12.8. The van der Waals surface area contributed by atoms with Gasteiger partial charge in [-0.1, -0.05) is 18.2 Å². The number of nitrogens with one attached hydrogen (secondary N) is 1. The third-order valence-electron chi connectivity index (χ3n) is 6.36. The Balaban J connectivity index is 1.27. The van der Waals surface area contributed by atoms with Gasteiger partial charge in [-0.2, -0.15) is 0 Å². The van der Waals surface area contributed by atoms with Gasteiger partial charge in [0.25, 0.3) is 0 Å². The average Bonchev–Trinajstić information content (AvgIpc) is 3.14. The zero-order valence-electron chi connectivity index (χ0n) is 19.0. The first kappa shape index (κ1) is 25.8. The maximum Gasteiger partial charge on any atom is 0.573 e. The molecular formula is C25H28F4N2O3S. The molecule has 2 aliphatic carbocycles. The van der Waals surface area contributed by atoms with Crippen molar-refractivity contribution >= 4 is 11.4 Å². The van der Waals surface area contributed by atoms with E-state index in [0.717, 1.165) is 42.7 Å². The molecule has 5 nitrogen and oxygen atoms in total. The van der Waals surface area contributed by atoms with Gasteiger partial charge < -0.3 is 19.3 Å². The Morgan fingerprint density at radius 3 is 2.63 bits per heavy atom. The van der Waals surface area contributed by atoms with E-state index in [2.05, 4.69) is 26.5 Å². The van der Waals surface area contributed by atoms with E-state index in [1.165, 1.54) is 18.2 Å². The van der Waals surface area contributed by atoms with Crippen LogP contribution in [0.25, 0.3) is 0 Å². The van der Waals surface area contributed by atoms with E-state index in [4.69, 9.17) is 0 Å². The second kappa shape index (κ2) is 11.2. The molecule has 4 atom stereocenters. The van der Waals surface area contributed by atoms with Crippen LogP contribution in [0.3, 0.4) is 0 Å². The average molecular weight is 513 g/mol. The lowest BCUT2D eigenvalue weighted by atomic mass is 9.88. The monoisotopic (exact) mass is 512 g/mol. The van der Waals surface area contributed by atoms with Crippen molar-refractivity contribution in [1.82, 2.24) is 9.62 Å². The number of rotatable bonds is 10. The van der Waals surface area contributed by atoms with E-state index in [0.29, 0.717) is 24.3 Å². The molecule has 0 saturated carbocycles. The number of nitrogens with zero attached hydrogens (tertiary/aromatic N) is 1.